The van der Waals surface area contributed by atoms with Crippen LogP contribution in [-0.4, -0.2) is 37.1 Å². The number of piperidine rings is 1. The number of nitrogens with one attached hydrogen (secondary N) is 1. The van der Waals surface area contributed by atoms with Gasteiger partial charge in [-0.2, -0.15) is 0 Å². The van der Waals surface area contributed by atoms with E-state index < -0.39 is 0 Å². The van der Waals surface area contributed by atoms with E-state index in [9.17, 15) is 0 Å². The summed E-state index contributed by atoms with van der Waals surface area (Å²) >= 11 is 0. The van der Waals surface area contributed by atoms with Crippen LogP contribution in [0.1, 0.15) is 77.6 Å². The summed E-state index contributed by atoms with van der Waals surface area (Å²) in [6, 6.07) is 0.774. The van der Waals surface area contributed by atoms with Gasteiger partial charge in [-0.3, -0.25) is 0 Å². The fourth-order valence-electron chi connectivity index (χ4n) is 4.74. The summed E-state index contributed by atoms with van der Waals surface area (Å²) < 4.78 is 0. The van der Waals surface area contributed by atoms with Gasteiger partial charge in [0.1, 0.15) is 0 Å². The Hall–Kier alpha value is -0.0800. The SMILES string of the molecule is CCCCN1CC(CC2CC2)CC(NCC2CCCCC2)C1. The Bertz CT molecular complexity index is 307. The summed E-state index contributed by atoms with van der Waals surface area (Å²) in [6.07, 6.45) is 16.1. The zero-order valence-corrected chi connectivity index (χ0v) is 14.9. The van der Waals surface area contributed by atoms with Crippen molar-refractivity contribution in [1.82, 2.24) is 10.2 Å². The van der Waals surface area contributed by atoms with Crippen molar-refractivity contribution >= 4 is 0 Å². The monoisotopic (exact) mass is 306 g/mol. The minimum absolute atomic E-state index is 0.774. The molecule has 0 radical (unpaired) electrons. The van der Waals surface area contributed by atoms with Crippen molar-refractivity contribution in [3.05, 3.63) is 0 Å². The fourth-order valence-corrected chi connectivity index (χ4v) is 4.74. The second-order valence-electron chi connectivity index (χ2n) is 8.50. The Morgan fingerprint density at radius 2 is 1.73 bits per heavy atom. The van der Waals surface area contributed by atoms with Gasteiger partial charge in [0.25, 0.3) is 0 Å². The molecule has 3 rings (SSSR count). The molecule has 0 bridgehead atoms. The Balaban J connectivity index is 1.44. The van der Waals surface area contributed by atoms with Gasteiger partial charge in [-0.1, -0.05) is 45.4 Å². The molecule has 2 saturated carbocycles. The Labute approximate surface area is 138 Å². The van der Waals surface area contributed by atoms with Crippen molar-refractivity contribution in [3.8, 4) is 0 Å². The average Bonchev–Trinajstić information content (AvgIpc) is 3.36. The lowest BCUT2D eigenvalue weighted by molar-refractivity contribution is 0.127. The lowest BCUT2D eigenvalue weighted by atomic mass is 9.87. The lowest BCUT2D eigenvalue weighted by Gasteiger charge is -2.39. The Morgan fingerprint density at radius 1 is 0.909 bits per heavy atom. The maximum Gasteiger partial charge on any atom is 0.0198 e. The number of hydrogen-bond donors (Lipinski definition) is 1. The predicted octanol–water partition coefficient (Wildman–Crippen LogP) is 4.45. The summed E-state index contributed by atoms with van der Waals surface area (Å²) in [4.78, 5) is 2.78. The van der Waals surface area contributed by atoms with Gasteiger partial charge in [0.15, 0.2) is 0 Å². The molecule has 2 nitrogen and oxygen atoms in total. The van der Waals surface area contributed by atoms with Crippen LogP contribution < -0.4 is 5.32 Å². The lowest BCUT2D eigenvalue weighted by Crippen LogP contribution is -2.50. The van der Waals surface area contributed by atoms with Crippen LogP contribution in [0.5, 0.6) is 0 Å². The standard InChI is InChI=1S/C20H38N2/c1-2-3-11-22-15-19(12-17-9-10-17)13-20(16-22)21-14-18-7-5-4-6-8-18/h17-21H,2-16H2,1H3. The molecule has 3 aliphatic rings. The van der Waals surface area contributed by atoms with E-state index in [1.807, 2.05) is 0 Å². The van der Waals surface area contributed by atoms with Gasteiger partial charge in [0.05, 0.1) is 0 Å². The maximum absolute atomic E-state index is 3.98. The molecule has 2 atom stereocenters. The van der Waals surface area contributed by atoms with Crippen LogP contribution in [0.25, 0.3) is 0 Å². The Kier molecular flexibility index (Phi) is 6.62. The van der Waals surface area contributed by atoms with E-state index in [2.05, 4.69) is 17.1 Å². The van der Waals surface area contributed by atoms with Crippen LogP contribution in [0.3, 0.4) is 0 Å². The molecule has 0 amide bonds. The first-order chi connectivity index (χ1) is 10.8. The number of likely N-dealkylation sites (tertiary alicyclic amines) is 1. The quantitative estimate of drug-likeness (QED) is 0.713. The second kappa shape index (κ2) is 8.68. The molecule has 0 spiro atoms. The van der Waals surface area contributed by atoms with Crippen LogP contribution in [0.15, 0.2) is 0 Å². The Morgan fingerprint density at radius 3 is 2.45 bits per heavy atom. The highest BCUT2D eigenvalue weighted by Gasteiger charge is 2.32. The molecule has 3 fully saturated rings. The summed E-state index contributed by atoms with van der Waals surface area (Å²) in [6.45, 7) is 7.65. The molecule has 0 aromatic rings. The molecule has 1 saturated heterocycles. The second-order valence-corrected chi connectivity index (χ2v) is 8.50. The van der Waals surface area contributed by atoms with Gasteiger partial charge in [-0.15, -0.1) is 0 Å². The summed E-state index contributed by atoms with van der Waals surface area (Å²) in [5.41, 5.74) is 0. The first-order valence-corrected chi connectivity index (χ1v) is 10.3. The molecular formula is C20H38N2. The van der Waals surface area contributed by atoms with Gasteiger partial charge >= 0.3 is 0 Å². The molecule has 1 aliphatic heterocycles. The summed E-state index contributed by atoms with van der Waals surface area (Å²) in [5, 5.41) is 3.98. The van der Waals surface area contributed by atoms with Crippen molar-refractivity contribution in [1.29, 1.82) is 0 Å². The molecule has 0 aromatic heterocycles. The van der Waals surface area contributed by atoms with E-state index in [0.717, 1.165) is 23.8 Å². The van der Waals surface area contributed by atoms with E-state index in [4.69, 9.17) is 0 Å². The van der Waals surface area contributed by atoms with E-state index >= 15 is 0 Å². The smallest absolute Gasteiger partial charge is 0.0198 e. The highest BCUT2D eigenvalue weighted by Crippen LogP contribution is 2.38. The van der Waals surface area contributed by atoms with Gasteiger partial charge in [0, 0.05) is 19.1 Å². The van der Waals surface area contributed by atoms with Crippen LogP contribution in [0.4, 0.5) is 0 Å². The largest absolute Gasteiger partial charge is 0.312 e. The van der Waals surface area contributed by atoms with Crippen LogP contribution >= 0.6 is 0 Å². The van der Waals surface area contributed by atoms with Gasteiger partial charge in [0.2, 0.25) is 0 Å². The third-order valence-corrected chi connectivity index (χ3v) is 6.22. The zero-order valence-electron chi connectivity index (χ0n) is 14.9. The van der Waals surface area contributed by atoms with E-state index in [-0.39, 0.29) is 0 Å². The summed E-state index contributed by atoms with van der Waals surface area (Å²) in [5.74, 6) is 3.04. The average molecular weight is 307 g/mol. The van der Waals surface area contributed by atoms with Crippen molar-refractivity contribution in [2.45, 2.75) is 83.6 Å². The molecule has 2 heteroatoms. The van der Waals surface area contributed by atoms with E-state index in [0.29, 0.717) is 0 Å². The van der Waals surface area contributed by atoms with Gasteiger partial charge in [-0.25, -0.2) is 0 Å². The number of rotatable bonds is 8. The molecule has 128 valence electrons. The van der Waals surface area contributed by atoms with E-state index in [1.54, 1.807) is 0 Å². The van der Waals surface area contributed by atoms with Crippen molar-refractivity contribution < 1.29 is 0 Å². The fraction of sp³-hybridized carbons (Fsp3) is 1.00. The molecule has 2 aliphatic carbocycles. The predicted molar refractivity (Wildman–Crippen MR) is 95.2 cm³/mol. The first-order valence-electron chi connectivity index (χ1n) is 10.3. The number of hydrogen-bond acceptors (Lipinski definition) is 2. The molecular weight excluding hydrogens is 268 g/mol. The topological polar surface area (TPSA) is 15.3 Å². The number of unbranched alkanes of at least 4 members (excludes halogenated alkanes) is 1. The minimum atomic E-state index is 0.774. The van der Waals surface area contributed by atoms with Crippen LogP contribution in [-0.2, 0) is 0 Å². The third-order valence-electron chi connectivity index (χ3n) is 6.22. The third kappa shape index (κ3) is 5.53. The van der Waals surface area contributed by atoms with Crippen LogP contribution in [0, 0.1) is 17.8 Å². The molecule has 2 unspecified atom stereocenters. The normalized spacial score (nSPS) is 31.5. The van der Waals surface area contributed by atoms with Gasteiger partial charge < -0.3 is 10.2 Å². The van der Waals surface area contributed by atoms with E-state index in [1.165, 1.54) is 96.8 Å². The first kappa shape index (κ1) is 16.8. The highest BCUT2D eigenvalue weighted by atomic mass is 15.2. The minimum Gasteiger partial charge on any atom is -0.312 e. The van der Waals surface area contributed by atoms with Crippen molar-refractivity contribution in [2.24, 2.45) is 17.8 Å². The maximum atomic E-state index is 3.98. The zero-order chi connectivity index (χ0) is 15.2. The number of nitrogens with zero attached hydrogens (tertiary/aromatic N) is 1. The van der Waals surface area contributed by atoms with Crippen LogP contribution in [0.2, 0.25) is 0 Å². The molecule has 22 heavy (non-hydrogen) atoms. The van der Waals surface area contributed by atoms with Crippen molar-refractivity contribution in [2.75, 3.05) is 26.2 Å². The van der Waals surface area contributed by atoms with Gasteiger partial charge in [-0.05, 0) is 62.9 Å². The molecule has 1 heterocycles. The molecule has 1 N–H and O–H groups in total. The highest BCUT2D eigenvalue weighted by molar-refractivity contribution is 4.87. The molecule has 0 aromatic carbocycles. The summed E-state index contributed by atoms with van der Waals surface area (Å²) in [7, 11) is 0. The van der Waals surface area contributed by atoms with Crippen molar-refractivity contribution in [3.63, 3.8) is 0 Å².